The lowest BCUT2D eigenvalue weighted by atomic mass is 10.2. The first-order valence-corrected chi connectivity index (χ1v) is 12.8. The predicted molar refractivity (Wildman–Crippen MR) is 142 cm³/mol. The number of aromatic nitrogens is 6. The smallest absolute Gasteiger partial charge is 0.332 e. The molecular weight excluding hydrogens is 520 g/mol. The minimum atomic E-state index is -0.754. The van der Waals surface area contributed by atoms with E-state index in [1.807, 2.05) is 6.07 Å². The summed E-state index contributed by atoms with van der Waals surface area (Å²) in [4.78, 5) is 45.5. The van der Waals surface area contributed by atoms with Crippen LogP contribution in [0.1, 0.15) is 35.1 Å². The van der Waals surface area contributed by atoms with Gasteiger partial charge >= 0.3 is 5.97 Å². The molecule has 1 amide bonds. The second kappa shape index (κ2) is 12.6. The Morgan fingerprint density at radius 3 is 2.85 bits per heavy atom. The van der Waals surface area contributed by atoms with E-state index in [9.17, 15) is 14.7 Å². The molecule has 0 bridgehead atoms. The molecule has 0 aliphatic carbocycles. The van der Waals surface area contributed by atoms with E-state index in [-0.39, 0.29) is 31.4 Å². The van der Waals surface area contributed by atoms with Gasteiger partial charge in [0.25, 0.3) is 5.91 Å². The van der Waals surface area contributed by atoms with Crippen molar-refractivity contribution in [2.45, 2.75) is 37.7 Å². The minimum Gasteiger partial charge on any atom is -0.458 e. The highest BCUT2D eigenvalue weighted by Crippen LogP contribution is 2.36. The molecular formula is C26H30N8O6. The number of carbonyl (C=O) groups excluding carboxylic acids is 2. The van der Waals surface area contributed by atoms with Gasteiger partial charge in [-0.15, -0.1) is 0 Å². The molecule has 210 valence electrons. The van der Waals surface area contributed by atoms with Gasteiger partial charge in [0.2, 0.25) is 5.95 Å². The number of H-pyrrole nitrogens is 1. The number of benzene rings is 1. The number of esters is 1. The van der Waals surface area contributed by atoms with Gasteiger partial charge in [-0.3, -0.25) is 9.36 Å². The highest BCUT2D eigenvalue weighted by molar-refractivity contribution is 6.06. The number of nitrogens with one attached hydrogen (secondary N) is 3. The lowest BCUT2D eigenvalue weighted by Gasteiger charge is -2.17. The number of anilines is 2. The van der Waals surface area contributed by atoms with Crippen LogP contribution in [-0.4, -0.2) is 85.5 Å². The maximum atomic E-state index is 12.9. The van der Waals surface area contributed by atoms with Crippen LogP contribution in [0.15, 0.2) is 49.2 Å². The SMILES string of the molecule is COCC(=O)O[C@H]1C[C@H](n2c(NCCCc3cnc[nH]3)nc3c(NC(=O)c4ccccc4)ncnc32)O[C@@H]1CO. The number of hydrogen-bond donors (Lipinski definition) is 4. The molecule has 3 atom stereocenters. The van der Waals surface area contributed by atoms with Crippen LogP contribution in [0, 0.1) is 0 Å². The third-order valence-electron chi connectivity index (χ3n) is 6.40. The molecule has 14 nitrogen and oxygen atoms in total. The summed E-state index contributed by atoms with van der Waals surface area (Å²) in [7, 11) is 1.40. The lowest BCUT2D eigenvalue weighted by Crippen LogP contribution is -2.31. The van der Waals surface area contributed by atoms with Gasteiger partial charge in [-0.1, -0.05) is 18.2 Å². The summed E-state index contributed by atoms with van der Waals surface area (Å²) in [6.45, 7) is -0.00753. The Morgan fingerprint density at radius 1 is 1.25 bits per heavy atom. The van der Waals surface area contributed by atoms with Crippen LogP contribution in [-0.2, 0) is 25.4 Å². The van der Waals surface area contributed by atoms with E-state index in [1.165, 1.54) is 13.4 Å². The largest absolute Gasteiger partial charge is 0.458 e. The zero-order chi connectivity index (χ0) is 27.9. The number of hydrogen-bond acceptors (Lipinski definition) is 11. The van der Waals surface area contributed by atoms with Crippen LogP contribution < -0.4 is 10.6 Å². The zero-order valence-electron chi connectivity index (χ0n) is 21.8. The molecule has 1 aliphatic heterocycles. The number of carbonyl (C=O) groups is 2. The molecule has 3 aromatic heterocycles. The number of nitrogens with zero attached hydrogens (tertiary/aromatic N) is 5. The van der Waals surface area contributed by atoms with Crippen LogP contribution in [0.5, 0.6) is 0 Å². The second-order valence-corrected chi connectivity index (χ2v) is 9.14. The minimum absolute atomic E-state index is 0.214. The van der Waals surface area contributed by atoms with Crippen molar-refractivity contribution in [2.75, 3.05) is 37.5 Å². The van der Waals surface area contributed by atoms with Crippen LogP contribution in [0.3, 0.4) is 0 Å². The van der Waals surface area contributed by atoms with Crippen molar-refractivity contribution in [1.29, 1.82) is 0 Å². The van der Waals surface area contributed by atoms with Crippen molar-refractivity contribution in [3.8, 4) is 0 Å². The number of aromatic amines is 1. The highest BCUT2D eigenvalue weighted by atomic mass is 16.6. The summed E-state index contributed by atoms with van der Waals surface area (Å²) in [6, 6.07) is 8.77. The average molecular weight is 551 g/mol. The van der Waals surface area contributed by atoms with Gasteiger partial charge in [0, 0.05) is 37.5 Å². The Hall–Kier alpha value is -4.40. The summed E-state index contributed by atoms with van der Waals surface area (Å²) >= 11 is 0. The highest BCUT2D eigenvalue weighted by Gasteiger charge is 2.40. The van der Waals surface area contributed by atoms with Crippen molar-refractivity contribution in [3.63, 3.8) is 0 Å². The predicted octanol–water partition coefficient (Wildman–Crippen LogP) is 1.68. The van der Waals surface area contributed by atoms with Crippen LogP contribution in [0.2, 0.25) is 0 Å². The molecule has 5 rings (SSSR count). The number of aliphatic hydroxyl groups excluding tert-OH is 1. The van der Waals surface area contributed by atoms with E-state index in [2.05, 4.69) is 30.6 Å². The molecule has 4 heterocycles. The maximum Gasteiger partial charge on any atom is 0.332 e. The molecule has 1 saturated heterocycles. The fourth-order valence-corrected chi connectivity index (χ4v) is 4.53. The monoisotopic (exact) mass is 550 g/mol. The van der Waals surface area contributed by atoms with Crippen LogP contribution in [0.25, 0.3) is 11.2 Å². The molecule has 0 spiro atoms. The van der Waals surface area contributed by atoms with Crippen LogP contribution in [0.4, 0.5) is 11.8 Å². The molecule has 4 aromatic rings. The van der Waals surface area contributed by atoms with Gasteiger partial charge in [0.1, 0.15) is 31.4 Å². The molecule has 0 unspecified atom stereocenters. The Bertz CT molecular complexity index is 1430. The van der Waals surface area contributed by atoms with E-state index >= 15 is 0 Å². The number of amides is 1. The zero-order valence-corrected chi connectivity index (χ0v) is 21.8. The van der Waals surface area contributed by atoms with Crippen molar-refractivity contribution in [1.82, 2.24) is 29.5 Å². The number of aryl methyl sites for hydroxylation is 1. The molecule has 1 fully saturated rings. The molecule has 14 heteroatoms. The van der Waals surface area contributed by atoms with Crippen molar-refractivity contribution < 1.29 is 28.9 Å². The van der Waals surface area contributed by atoms with Gasteiger partial charge < -0.3 is 34.9 Å². The Labute approximate surface area is 229 Å². The summed E-state index contributed by atoms with van der Waals surface area (Å²) in [5.74, 6) is -0.235. The Balaban J connectivity index is 1.43. The number of methoxy groups -OCH3 is 1. The van der Waals surface area contributed by atoms with Crippen molar-refractivity contribution >= 4 is 34.8 Å². The second-order valence-electron chi connectivity index (χ2n) is 9.14. The van der Waals surface area contributed by atoms with E-state index in [1.54, 1.807) is 41.4 Å². The normalized spacial score (nSPS) is 18.6. The number of ether oxygens (including phenoxy) is 3. The molecule has 0 saturated carbocycles. The summed E-state index contributed by atoms with van der Waals surface area (Å²) < 4.78 is 18.2. The Morgan fingerprint density at radius 2 is 2.10 bits per heavy atom. The lowest BCUT2D eigenvalue weighted by molar-refractivity contribution is -0.157. The first kappa shape index (κ1) is 27.2. The third kappa shape index (κ3) is 6.09. The van der Waals surface area contributed by atoms with E-state index < -0.39 is 24.4 Å². The molecule has 4 N–H and O–H groups in total. The van der Waals surface area contributed by atoms with Gasteiger partial charge in [-0.2, -0.15) is 0 Å². The standard InChI is InChI=1S/C26H30N8O6/c1-38-13-21(36)40-18-10-20(39-19(18)12-35)34-24-22(32-26(34)28-9-5-8-17-11-27-14-29-17)23(30-15-31-24)33-25(37)16-6-3-2-4-7-16/h2-4,6-7,11,14-15,18-20,35H,5,8-10,12-13H2,1H3,(H,27,29)(H,28,32)(H,30,31,33,37)/t18-,19+,20+/m0/s1. The van der Waals surface area contributed by atoms with Gasteiger partial charge in [0.05, 0.1) is 12.9 Å². The maximum absolute atomic E-state index is 12.9. The number of aliphatic hydroxyl groups is 1. The summed E-state index contributed by atoms with van der Waals surface area (Å²) in [5, 5.41) is 16.1. The van der Waals surface area contributed by atoms with Gasteiger partial charge in [-0.05, 0) is 25.0 Å². The Kier molecular flexibility index (Phi) is 8.59. The fourth-order valence-electron chi connectivity index (χ4n) is 4.53. The van der Waals surface area contributed by atoms with E-state index in [0.29, 0.717) is 29.2 Å². The third-order valence-corrected chi connectivity index (χ3v) is 6.40. The first-order valence-electron chi connectivity index (χ1n) is 12.8. The van der Waals surface area contributed by atoms with Crippen molar-refractivity contribution in [2.24, 2.45) is 0 Å². The number of imidazole rings is 2. The fraction of sp³-hybridized carbons (Fsp3) is 0.385. The topological polar surface area (TPSA) is 178 Å². The van der Waals surface area contributed by atoms with Gasteiger partial charge in [0.15, 0.2) is 17.0 Å². The number of rotatable bonds is 12. The van der Waals surface area contributed by atoms with Crippen molar-refractivity contribution in [3.05, 3.63) is 60.4 Å². The molecule has 1 aliphatic rings. The van der Waals surface area contributed by atoms with E-state index in [0.717, 1.165) is 18.5 Å². The summed E-state index contributed by atoms with van der Waals surface area (Å²) in [5.41, 5.74) is 2.24. The molecule has 40 heavy (non-hydrogen) atoms. The first-order chi connectivity index (χ1) is 19.6. The van der Waals surface area contributed by atoms with E-state index in [4.69, 9.17) is 19.2 Å². The van der Waals surface area contributed by atoms with Gasteiger partial charge in [-0.25, -0.2) is 24.7 Å². The molecule has 0 radical (unpaired) electrons. The average Bonchev–Trinajstić information content (AvgIpc) is 3.71. The van der Waals surface area contributed by atoms with Crippen LogP contribution >= 0.6 is 0 Å². The summed E-state index contributed by atoms with van der Waals surface area (Å²) in [6.07, 6.45) is 4.40. The molecule has 1 aromatic carbocycles. The quantitative estimate of drug-likeness (QED) is 0.149. The number of fused-ring (bicyclic) bond motifs is 1.